The lowest BCUT2D eigenvalue weighted by molar-refractivity contribution is -0.384. The Kier molecular flexibility index (Phi) is 3.46. The van der Waals surface area contributed by atoms with Gasteiger partial charge >= 0.3 is 0 Å². The molecule has 2 rings (SSSR count). The predicted octanol–water partition coefficient (Wildman–Crippen LogP) is 2.27. The molecule has 0 N–H and O–H groups in total. The molecule has 1 aromatic heterocycles. The second-order valence-electron chi connectivity index (χ2n) is 4.22. The molecule has 2 aromatic rings. The molecular formula is C12H14N4O3. The molecule has 0 fully saturated rings. The van der Waals surface area contributed by atoms with Crippen LogP contribution in [-0.4, -0.2) is 29.2 Å². The molecule has 0 bridgehead atoms. The van der Waals surface area contributed by atoms with Crippen LogP contribution in [0.2, 0.25) is 0 Å². The molecule has 7 nitrogen and oxygen atoms in total. The second kappa shape index (κ2) is 5.05. The summed E-state index contributed by atoms with van der Waals surface area (Å²) < 4.78 is 5.08. The van der Waals surface area contributed by atoms with Crippen LogP contribution in [0.1, 0.15) is 12.7 Å². The highest BCUT2D eigenvalue weighted by Crippen LogP contribution is 2.31. The number of anilines is 1. The summed E-state index contributed by atoms with van der Waals surface area (Å²) in [7, 11) is 3.51. The lowest BCUT2D eigenvalue weighted by Gasteiger charge is -2.12. The molecule has 0 unspecified atom stereocenters. The van der Waals surface area contributed by atoms with Gasteiger partial charge in [-0.1, -0.05) is 12.1 Å². The quantitative estimate of drug-likeness (QED) is 0.620. The largest absolute Gasteiger partial charge is 0.372 e. The van der Waals surface area contributed by atoms with E-state index in [0.717, 1.165) is 0 Å². The van der Waals surface area contributed by atoms with Gasteiger partial charge in [0.15, 0.2) is 5.82 Å². The smallest absolute Gasteiger partial charge is 0.293 e. The van der Waals surface area contributed by atoms with Crippen molar-refractivity contribution in [3.05, 3.63) is 34.1 Å². The third-order valence-electron chi connectivity index (χ3n) is 2.69. The molecule has 1 heterocycles. The highest BCUT2D eigenvalue weighted by molar-refractivity contribution is 5.70. The molecular weight excluding hydrogens is 248 g/mol. The summed E-state index contributed by atoms with van der Waals surface area (Å²) >= 11 is 0. The van der Waals surface area contributed by atoms with Gasteiger partial charge in [0.2, 0.25) is 0 Å². The minimum absolute atomic E-state index is 0.0127. The van der Waals surface area contributed by atoms with Gasteiger partial charge in [0.05, 0.1) is 4.92 Å². The topological polar surface area (TPSA) is 85.3 Å². The van der Waals surface area contributed by atoms with Gasteiger partial charge in [0, 0.05) is 32.1 Å². The number of hydrogen-bond donors (Lipinski definition) is 0. The maximum absolute atomic E-state index is 11.1. The van der Waals surface area contributed by atoms with Crippen molar-refractivity contribution in [2.24, 2.45) is 0 Å². The summed E-state index contributed by atoms with van der Waals surface area (Å²) in [5.74, 6) is 0.875. The summed E-state index contributed by atoms with van der Waals surface area (Å²) in [6.45, 7) is 1.91. The van der Waals surface area contributed by atoms with Crippen molar-refractivity contribution < 1.29 is 9.45 Å². The van der Waals surface area contributed by atoms with Crippen molar-refractivity contribution in [3.63, 3.8) is 0 Å². The van der Waals surface area contributed by atoms with Gasteiger partial charge in [-0.25, -0.2) is 0 Å². The Balaban J connectivity index is 2.48. The molecule has 0 aliphatic rings. The Bertz CT molecular complexity index is 607. The van der Waals surface area contributed by atoms with E-state index in [1.165, 1.54) is 6.07 Å². The molecule has 0 radical (unpaired) electrons. The van der Waals surface area contributed by atoms with Gasteiger partial charge in [-0.15, -0.1) is 0 Å². The average molecular weight is 262 g/mol. The number of aromatic nitrogens is 2. The van der Waals surface area contributed by atoms with E-state index in [-0.39, 0.29) is 5.69 Å². The van der Waals surface area contributed by atoms with Gasteiger partial charge in [0.25, 0.3) is 11.6 Å². The number of nitro benzene ring substituents is 1. The van der Waals surface area contributed by atoms with Crippen LogP contribution in [0, 0.1) is 10.1 Å². The SMILES string of the molecule is CCc1noc(-c2ccc(N(C)C)c([N+](=O)[O-])c2)n1. The molecule has 7 heteroatoms. The first-order chi connectivity index (χ1) is 9.02. The van der Waals surface area contributed by atoms with Crippen molar-refractivity contribution in [2.45, 2.75) is 13.3 Å². The van der Waals surface area contributed by atoms with Crippen LogP contribution in [0.25, 0.3) is 11.5 Å². The summed E-state index contributed by atoms with van der Waals surface area (Å²) in [6, 6.07) is 4.85. The van der Waals surface area contributed by atoms with Crippen LogP contribution >= 0.6 is 0 Å². The van der Waals surface area contributed by atoms with E-state index >= 15 is 0 Å². The Hall–Kier alpha value is -2.44. The monoisotopic (exact) mass is 262 g/mol. The molecule has 0 spiro atoms. The number of hydrogen-bond acceptors (Lipinski definition) is 6. The zero-order valence-corrected chi connectivity index (χ0v) is 11.0. The van der Waals surface area contributed by atoms with E-state index in [1.54, 1.807) is 31.1 Å². The van der Waals surface area contributed by atoms with Crippen molar-refractivity contribution in [1.82, 2.24) is 10.1 Å². The standard InChI is InChI=1S/C12H14N4O3/c1-4-11-13-12(19-14-11)8-5-6-9(15(2)3)10(7-8)16(17)18/h5-7H,4H2,1-3H3. The van der Waals surface area contributed by atoms with Gasteiger partial charge in [-0.3, -0.25) is 10.1 Å². The van der Waals surface area contributed by atoms with Crippen LogP contribution in [0.5, 0.6) is 0 Å². The highest BCUT2D eigenvalue weighted by atomic mass is 16.6. The van der Waals surface area contributed by atoms with E-state index in [4.69, 9.17) is 4.52 Å². The van der Waals surface area contributed by atoms with Gasteiger partial charge in [-0.2, -0.15) is 4.98 Å². The molecule has 0 aliphatic heterocycles. The number of benzene rings is 1. The minimum Gasteiger partial charge on any atom is -0.372 e. The third-order valence-corrected chi connectivity index (χ3v) is 2.69. The Labute approximate surface area is 110 Å². The van der Waals surface area contributed by atoms with Crippen LogP contribution in [0.4, 0.5) is 11.4 Å². The van der Waals surface area contributed by atoms with Crippen molar-refractivity contribution in [3.8, 4) is 11.5 Å². The summed E-state index contributed by atoms with van der Waals surface area (Å²) in [6.07, 6.45) is 0.654. The fourth-order valence-corrected chi connectivity index (χ4v) is 1.70. The Morgan fingerprint density at radius 3 is 2.68 bits per heavy atom. The predicted molar refractivity (Wildman–Crippen MR) is 70.1 cm³/mol. The van der Waals surface area contributed by atoms with Crippen LogP contribution in [-0.2, 0) is 6.42 Å². The summed E-state index contributed by atoms with van der Waals surface area (Å²) in [5.41, 5.74) is 1.09. The zero-order chi connectivity index (χ0) is 14.0. The maximum atomic E-state index is 11.1. The average Bonchev–Trinajstić information content (AvgIpc) is 2.86. The first kappa shape index (κ1) is 13.0. The molecule has 0 aliphatic carbocycles. The molecule has 0 saturated carbocycles. The van der Waals surface area contributed by atoms with Crippen molar-refractivity contribution in [1.29, 1.82) is 0 Å². The number of aryl methyl sites for hydroxylation is 1. The number of nitrogens with zero attached hydrogens (tertiary/aromatic N) is 4. The molecule has 0 amide bonds. The summed E-state index contributed by atoms with van der Waals surface area (Å²) in [4.78, 5) is 16.5. The van der Waals surface area contributed by atoms with Gasteiger partial charge < -0.3 is 9.42 Å². The zero-order valence-electron chi connectivity index (χ0n) is 11.0. The first-order valence-corrected chi connectivity index (χ1v) is 5.81. The van der Waals surface area contributed by atoms with Crippen molar-refractivity contribution >= 4 is 11.4 Å². The highest BCUT2D eigenvalue weighted by Gasteiger charge is 2.18. The molecule has 100 valence electrons. The fourth-order valence-electron chi connectivity index (χ4n) is 1.70. The molecule has 19 heavy (non-hydrogen) atoms. The lowest BCUT2D eigenvalue weighted by atomic mass is 10.1. The second-order valence-corrected chi connectivity index (χ2v) is 4.22. The van der Waals surface area contributed by atoms with E-state index in [2.05, 4.69) is 10.1 Å². The van der Waals surface area contributed by atoms with Gasteiger partial charge in [0.1, 0.15) is 5.69 Å². The van der Waals surface area contributed by atoms with E-state index in [1.807, 2.05) is 6.92 Å². The normalized spacial score (nSPS) is 10.5. The van der Waals surface area contributed by atoms with Crippen LogP contribution < -0.4 is 4.90 Å². The van der Waals surface area contributed by atoms with E-state index in [0.29, 0.717) is 29.4 Å². The van der Waals surface area contributed by atoms with Crippen molar-refractivity contribution in [2.75, 3.05) is 19.0 Å². The lowest BCUT2D eigenvalue weighted by Crippen LogP contribution is -2.10. The van der Waals surface area contributed by atoms with Crippen LogP contribution in [0.3, 0.4) is 0 Å². The van der Waals surface area contributed by atoms with Crippen LogP contribution in [0.15, 0.2) is 22.7 Å². The maximum Gasteiger partial charge on any atom is 0.293 e. The fraction of sp³-hybridized carbons (Fsp3) is 0.333. The summed E-state index contributed by atoms with van der Waals surface area (Å²) in [5, 5.41) is 14.9. The Morgan fingerprint density at radius 2 is 2.16 bits per heavy atom. The minimum atomic E-state index is -0.421. The first-order valence-electron chi connectivity index (χ1n) is 5.81. The van der Waals surface area contributed by atoms with E-state index in [9.17, 15) is 10.1 Å². The third kappa shape index (κ3) is 2.54. The van der Waals surface area contributed by atoms with E-state index < -0.39 is 4.92 Å². The number of nitro groups is 1. The van der Waals surface area contributed by atoms with Gasteiger partial charge in [-0.05, 0) is 12.1 Å². The molecule has 1 aromatic carbocycles. The Morgan fingerprint density at radius 1 is 1.42 bits per heavy atom. The number of rotatable bonds is 4. The molecule has 0 saturated heterocycles. The molecule has 0 atom stereocenters.